The second-order valence-corrected chi connectivity index (χ2v) is 6.72. The molecule has 20 heavy (non-hydrogen) atoms. The standard InChI is InChI=1S/C16H23Cl2NO/c1-2-16(7-3-4-8-16)11-19-10-15(20)13-9-12(17)5-6-14(13)18/h5-6,9,15,19-20H,2-4,7-8,10-11H2,1H3. The Labute approximate surface area is 131 Å². The molecule has 2 rings (SSSR count). The van der Waals surface area contributed by atoms with Crippen LogP contribution in [0.3, 0.4) is 0 Å². The van der Waals surface area contributed by atoms with Gasteiger partial charge in [0.25, 0.3) is 0 Å². The molecule has 112 valence electrons. The Kier molecular flexibility index (Phi) is 5.74. The number of aliphatic hydroxyl groups excluding tert-OH is 1. The maximum atomic E-state index is 10.3. The van der Waals surface area contributed by atoms with Gasteiger partial charge < -0.3 is 10.4 Å². The highest BCUT2D eigenvalue weighted by atomic mass is 35.5. The van der Waals surface area contributed by atoms with Gasteiger partial charge >= 0.3 is 0 Å². The lowest BCUT2D eigenvalue weighted by Crippen LogP contribution is -2.34. The maximum Gasteiger partial charge on any atom is 0.0929 e. The largest absolute Gasteiger partial charge is 0.387 e. The molecule has 1 atom stereocenters. The van der Waals surface area contributed by atoms with Crippen LogP contribution in [0.4, 0.5) is 0 Å². The molecule has 1 aliphatic carbocycles. The zero-order valence-corrected chi connectivity index (χ0v) is 13.5. The van der Waals surface area contributed by atoms with Crippen LogP contribution in [0.2, 0.25) is 10.0 Å². The van der Waals surface area contributed by atoms with Crippen molar-refractivity contribution in [2.24, 2.45) is 5.41 Å². The molecule has 0 radical (unpaired) electrons. The SMILES string of the molecule is CCC1(CNCC(O)c2cc(Cl)ccc2Cl)CCCC1. The summed E-state index contributed by atoms with van der Waals surface area (Å²) < 4.78 is 0. The molecular formula is C16H23Cl2NO. The summed E-state index contributed by atoms with van der Waals surface area (Å²) >= 11 is 12.1. The van der Waals surface area contributed by atoms with Crippen molar-refractivity contribution in [1.29, 1.82) is 0 Å². The number of nitrogens with one attached hydrogen (secondary N) is 1. The van der Waals surface area contributed by atoms with E-state index in [-0.39, 0.29) is 0 Å². The second kappa shape index (κ2) is 7.13. The first-order chi connectivity index (χ1) is 9.56. The van der Waals surface area contributed by atoms with Crippen molar-refractivity contribution in [1.82, 2.24) is 5.32 Å². The van der Waals surface area contributed by atoms with Crippen LogP contribution in [0.25, 0.3) is 0 Å². The average Bonchev–Trinajstić information content (AvgIpc) is 2.91. The number of rotatable bonds is 6. The first-order valence-electron chi connectivity index (χ1n) is 7.40. The Morgan fingerprint density at radius 3 is 2.65 bits per heavy atom. The molecule has 4 heteroatoms. The van der Waals surface area contributed by atoms with Crippen molar-refractivity contribution < 1.29 is 5.11 Å². The van der Waals surface area contributed by atoms with Crippen molar-refractivity contribution in [3.8, 4) is 0 Å². The number of hydrogen-bond acceptors (Lipinski definition) is 2. The normalized spacial score (nSPS) is 19.2. The fourth-order valence-electron chi connectivity index (χ4n) is 3.13. The van der Waals surface area contributed by atoms with Crippen LogP contribution < -0.4 is 5.32 Å². The highest BCUT2D eigenvalue weighted by Crippen LogP contribution is 2.40. The summed E-state index contributed by atoms with van der Waals surface area (Å²) in [6.45, 7) is 3.75. The Morgan fingerprint density at radius 1 is 1.30 bits per heavy atom. The Morgan fingerprint density at radius 2 is 2.00 bits per heavy atom. The van der Waals surface area contributed by atoms with Gasteiger partial charge in [-0.2, -0.15) is 0 Å². The van der Waals surface area contributed by atoms with Crippen molar-refractivity contribution in [3.63, 3.8) is 0 Å². The van der Waals surface area contributed by atoms with Crippen molar-refractivity contribution in [2.75, 3.05) is 13.1 Å². The van der Waals surface area contributed by atoms with Crippen molar-refractivity contribution in [2.45, 2.75) is 45.1 Å². The zero-order chi connectivity index (χ0) is 14.6. The van der Waals surface area contributed by atoms with Crippen molar-refractivity contribution in [3.05, 3.63) is 33.8 Å². The van der Waals surface area contributed by atoms with Crippen LogP contribution in [0, 0.1) is 5.41 Å². The smallest absolute Gasteiger partial charge is 0.0929 e. The molecule has 0 amide bonds. The molecule has 1 aromatic rings. The summed E-state index contributed by atoms with van der Waals surface area (Å²) in [6.07, 6.45) is 5.84. The van der Waals surface area contributed by atoms with E-state index in [9.17, 15) is 5.11 Å². The van der Waals surface area contributed by atoms with E-state index in [1.807, 2.05) is 0 Å². The molecular weight excluding hydrogens is 293 g/mol. The van der Waals surface area contributed by atoms with Crippen LogP contribution in [-0.2, 0) is 0 Å². The van der Waals surface area contributed by atoms with Gasteiger partial charge in [0.1, 0.15) is 0 Å². The monoisotopic (exact) mass is 315 g/mol. The quantitative estimate of drug-likeness (QED) is 0.805. The lowest BCUT2D eigenvalue weighted by Gasteiger charge is -2.28. The Bertz CT molecular complexity index is 444. The predicted octanol–water partition coefficient (Wildman–Crippen LogP) is 4.59. The topological polar surface area (TPSA) is 32.3 Å². The second-order valence-electron chi connectivity index (χ2n) is 5.87. The van der Waals surface area contributed by atoms with Crippen LogP contribution in [0.1, 0.15) is 50.7 Å². The minimum Gasteiger partial charge on any atom is -0.387 e. The van der Waals surface area contributed by atoms with E-state index in [1.165, 1.54) is 32.1 Å². The van der Waals surface area contributed by atoms with E-state index >= 15 is 0 Å². The minimum atomic E-state index is -0.614. The van der Waals surface area contributed by atoms with Gasteiger partial charge in [0, 0.05) is 28.7 Å². The molecule has 0 bridgehead atoms. The van der Waals surface area contributed by atoms with Crippen LogP contribution in [0.15, 0.2) is 18.2 Å². The summed E-state index contributed by atoms with van der Waals surface area (Å²) in [6, 6.07) is 5.20. The highest BCUT2D eigenvalue weighted by Gasteiger charge is 2.31. The van der Waals surface area contributed by atoms with E-state index in [0.29, 0.717) is 27.6 Å². The van der Waals surface area contributed by atoms with Gasteiger partial charge in [-0.3, -0.25) is 0 Å². The summed E-state index contributed by atoms with van der Waals surface area (Å²) in [4.78, 5) is 0. The summed E-state index contributed by atoms with van der Waals surface area (Å²) in [5, 5.41) is 14.8. The zero-order valence-electron chi connectivity index (χ0n) is 12.0. The van der Waals surface area contributed by atoms with Gasteiger partial charge in [0.15, 0.2) is 0 Å². The number of aliphatic hydroxyl groups is 1. The molecule has 2 N–H and O–H groups in total. The van der Waals surface area contributed by atoms with Gasteiger partial charge in [-0.25, -0.2) is 0 Å². The lowest BCUT2D eigenvalue weighted by molar-refractivity contribution is 0.163. The fourth-order valence-corrected chi connectivity index (χ4v) is 3.56. The van der Waals surface area contributed by atoms with Gasteiger partial charge in [-0.1, -0.05) is 43.0 Å². The van der Waals surface area contributed by atoms with Crippen LogP contribution in [-0.4, -0.2) is 18.2 Å². The molecule has 1 aliphatic rings. The fraction of sp³-hybridized carbons (Fsp3) is 0.625. The summed E-state index contributed by atoms with van der Waals surface area (Å²) in [5.41, 5.74) is 1.13. The van der Waals surface area contributed by atoms with E-state index in [4.69, 9.17) is 23.2 Å². The lowest BCUT2D eigenvalue weighted by atomic mass is 9.83. The minimum absolute atomic E-state index is 0.428. The number of benzene rings is 1. The molecule has 1 saturated carbocycles. The molecule has 0 saturated heterocycles. The summed E-state index contributed by atoms with van der Waals surface area (Å²) in [7, 11) is 0. The average molecular weight is 316 g/mol. The number of hydrogen-bond donors (Lipinski definition) is 2. The molecule has 1 fully saturated rings. The maximum absolute atomic E-state index is 10.3. The molecule has 0 spiro atoms. The highest BCUT2D eigenvalue weighted by molar-refractivity contribution is 6.33. The molecule has 0 heterocycles. The first kappa shape index (κ1) is 16.1. The Balaban J connectivity index is 1.88. The first-order valence-corrected chi connectivity index (χ1v) is 8.16. The van der Waals surface area contributed by atoms with Gasteiger partial charge in [0.05, 0.1) is 6.10 Å². The van der Waals surface area contributed by atoms with E-state index in [0.717, 1.165) is 6.54 Å². The molecule has 1 unspecified atom stereocenters. The number of halogens is 2. The molecule has 0 aromatic heterocycles. The summed E-state index contributed by atoms with van der Waals surface area (Å²) in [5.74, 6) is 0. The van der Waals surface area contributed by atoms with Gasteiger partial charge in [-0.15, -0.1) is 0 Å². The molecule has 1 aromatic carbocycles. The third-order valence-corrected chi connectivity index (χ3v) is 5.15. The molecule has 2 nitrogen and oxygen atoms in total. The van der Waals surface area contributed by atoms with Crippen LogP contribution in [0.5, 0.6) is 0 Å². The Hall–Kier alpha value is -0.280. The molecule has 0 aliphatic heterocycles. The van der Waals surface area contributed by atoms with E-state index in [1.54, 1.807) is 18.2 Å². The third kappa shape index (κ3) is 3.88. The van der Waals surface area contributed by atoms with Crippen molar-refractivity contribution >= 4 is 23.2 Å². The van der Waals surface area contributed by atoms with Crippen LogP contribution >= 0.6 is 23.2 Å². The van der Waals surface area contributed by atoms with E-state index < -0.39 is 6.10 Å². The van der Waals surface area contributed by atoms with E-state index in [2.05, 4.69) is 12.2 Å². The van der Waals surface area contributed by atoms with Gasteiger partial charge in [0.2, 0.25) is 0 Å². The van der Waals surface area contributed by atoms with Gasteiger partial charge in [-0.05, 0) is 42.9 Å². The predicted molar refractivity (Wildman–Crippen MR) is 85.5 cm³/mol. The third-order valence-electron chi connectivity index (χ3n) is 4.57.